The highest BCUT2D eigenvalue weighted by molar-refractivity contribution is 8.00. The van der Waals surface area contributed by atoms with E-state index in [1.165, 1.54) is 11.8 Å². The predicted molar refractivity (Wildman–Crippen MR) is 81.5 cm³/mol. The molecule has 1 aromatic carbocycles. The van der Waals surface area contributed by atoms with Crippen molar-refractivity contribution < 1.29 is 9.53 Å². The van der Waals surface area contributed by atoms with Gasteiger partial charge in [-0.1, -0.05) is 18.2 Å². The number of H-pyrrole nitrogens is 1. The molecule has 1 unspecified atom stereocenters. The number of nitrogens with zero attached hydrogens (tertiary/aromatic N) is 2. The molecule has 110 valence electrons. The Bertz CT molecular complexity index is 624. The minimum absolute atomic E-state index is 0.0123. The lowest BCUT2D eigenvalue weighted by molar-refractivity contribution is -0.119. The Morgan fingerprint density at radius 1 is 1.29 bits per heavy atom. The molecule has 1 heterocycles. The van der Waals surface area contributed by atoms with Gasteiger partial charge in [-0.15, -0.1) is 5.10 Å². The summed E-state index contributed by atoms with van der Waals surface area (Å²) in [5.41, 5.74) is 0.949. The summed E-state index contributed by atoms with van der Waals surface area (Å²) >= 11 is 1.47. The van der Waals surface area contributed by atoms with Crippen LogP contribution in [0.15, 0.2) is 29.4 Å². The van der Waals surface area contributed by atoms with Crippen molar-refractivity contribution in [3.63, 3.8) is 0 Å². The molecule has 0 bridgehead atoms. The lowest BCUT2D eigenvalue weighted by Crippen LogP contribution is -2.21. The number of carbonyl (C=O) groups is 1. The zero-order valence-electron chi connectivity index (χ0n) is 11.8. The number of hydrogen-bond acceptors (Lipinski definition) is 5. The summed E-state index contributed by atoms with van der Waals surface area (Å²) in [5.74, 6) is 1.84. The fourth-order valence-electron chi connectivity index (χ4n) is 2.38. The molecule has 0 aliphatic heterocycles. The second-order valence-electron chi connectivity index (χ2n) is 5.01. The molecule has 1 aliphatic rings. The van der Waals surface area contributed by atoms with Crippen molar-refractivity contribution in [3.05, 3.63) is 24.3 Å². The van der Waals surface area contributed by atoms with Gasteiger partial charge in [-0.3, -0.25) is 9.89 Å². The van der Waals surface area contributed by atoms with Crippen LogP contribution in [-0.2, 0) is 4.79 Å². The highest BCUT2D eigenvalue weighted by Crippen LogP contribution is 2.30. The van der Waals surface area contributed by atoms with Crippen LogP contribution in [0.25, 0.3) is 11.4 Å². The zero-order valence-corrected chi connectivity index (χ0v) is 12.7. The molecule has 0 saturated heterocycles. The molecule has 0 amide bonds. The molecule has 6 heteroatoms. The minimum Gasteiger partial charge on any atom is -0.497 e. The van der Waals surface area contributed by atoms with Crippen molar-refractivity contribution in [1.82, 2.24) is 15.2 Å². The molecular weight excluding hydrogens is 286 g/mol. The van der Waals surface area contributed by atoms with Crippen LogP contribution >= 0.6 is 11.8 Å². The summed E-state index contributed by atoms with van der Waals surface area (Å²) in [7, 11) is 1.64. The van der Waals surface area contributed by atoms with Crippen LogP contribution in [-0.4, -0.2) is 33.3 Å². The van der Waals surface area contributed by atoms with E-state index < -0.39 is 0 Å². The first-order valence-electron chi connectivity index (χ1n) is 7.02. The van der Waals surface area contributed by atoms with E-state index in [-0.39, 0.29) is 5.25 Å². The van der Waals surface area contributed by atoms with Gasteiger partial charge in [-0.25, -0.2) is 4.98 Å². The number of Topliss-reactive ketones (excluding diaryl/α,β-unsaturated/α-hetero) is 1. The van der Waals surface area contributed by atoms with Gasteiger partial charge in [-0.05, 0) is 37.1 Å². The van der Waals surface area contributed by atoms with E-state index in [2.05, 4.69) is 15.2 Å². The third-order valence-electron chi connectivity index (χ3n) is 3.57. The van der Waals surface area contributed by atoms with Crippen LogP contribution < -0.4 is 4.74 Å². The number of aromatic amines is 1. The smallest absolute Gasteiger partial charge is 0.209 e. The van der Waals surface area contributed by atoms with Crippen molar-refractivity contribution in [2.75, 3.05) is 7.11 Å². The third-order valence-corrected chi connectivity index (χ3v) is 4.75. The summed E-state index contributed by atoms with van der Waals surface area (Å²) in [4.78, 5) is 16.3. The van der Waals surface area contributed by atoms with Gasteiger partial charge < -0.3 is 4.74 Å². The molecule has 1 aromatic heterocycles. The summed E-state index contributed by atoms with van der Waals surface area (Å²) in [6.07, 6.45) is 3.74. The SMILES string of the molecule is COc1ccc(-c2nc(SC3CCCCC3=O)n[nH]2)cc1. The van der Waals surface area contributed by atoms with Crippen molar-refractivity contribution in [2.45, 2.75) is 36.1 Å². The molecule has 5 nitrogen and oxygen atoms in total. The number of ketones is 1. The monoisotopic (exact) mass is 303 g/mol. The largest absolute Gasteiger partial charge is 0.497 e. The first kappa shape index (κ1) is 14.1. The summed E-state index contributed by atoms with van der Waals surface area (Å²) in [5, 5.41) is 7.79. The number of ether oxygens (including phenoxy) is 1. The van der Waals surface area contributed by atoms with Crippen LogP contribution in [0, 0.1) is 0 Å². The van der Waals surface area contributed by atoms with E-state index in [1.807, 2.05) is 24.3 Å². The van der Waals surface area contributed by atoms with E-state index in [1.54, 1.807) is 7.11 Å². The van der Waals surface area contributed by atoms with Gasteiger partial charge in [0, 0.05) is 12.0 Å². The molecule has 3 rings (SSSR count). The van der Waals surface area contributed by atoms with Crippen molar-refractivity contribution in [2.24, 2.45) is 0 Å². The van der Waals surface area contributed by atoms with Gasteiger partial charge >= 0.3 is 0 Å². The number of thioether (sulfide) groups is 1. The van der Waals surface area contributed by atoms with Crippen LogP contribution in [0.1, 0.15) is 25.7 Å². The van der Waals surface area contributed by atoms with Gasteiger partial charge in [-0.2, -0.15) is 0 Å². The Kier molecular flexibility index (Phi) is 4.24. The number of rotatable bonds is 4. The average Bonchev–Trinajstić information content (AvgIpc) is 2.98. The highest BCUT2D eigenvalue weighted by atomic mass is 32.2. The van der Waals surface area contributed by atoms with E-state index >= 15 is 0 Å². The van der Waals surface area contributed by atoms with Gasteiger partial charge in [0.15, 0.2) is 5.82 Å². The van der Waals surface area contributed by atoms with Crippen LogP contribution in [0.2, 0.25) is 0 Å². The molecule has 1 fully saturated rings. The zero-order chi connectivity index (χ0) is 14.7. The van der Waals surface area contributed by atoms with Gasteiger partial charge in [0.2, 0.25) is 5.16 Å². The van der Waals surface area contributed by atoms with Crippen LogP contribution in [0.5, 0.6) is 5.75 Å². The third kappa shape index (κ3) is 3.26. The van der Waals surface area contributed by atoms with E-state index in [0.717, 1.165) is 30.6 Å². The normalized spacial score (nSPS) is 18.7. The van der Waals surface area contributed by atoms with Crippen molar-refractivity contribution in [1.29, 1.82) is 0 Å². The van der Waals surface area contributed by atoms with Crippen LogP contribution in [0.3, 0.4) is 0 Å². The number of hydrogen-bond donors (Lipinski definition) is 1. The Hall–Kier alpha value is -1.82. The van der Waals surface area contributed by atoms with E-state index in [0.29, 0.717) is 23.2 Å². The predicted octanol–water partition coefficient (Wildman–Crippen LogP) is 3.08. The molecule has 0 spiro atoms. The molecule has 1 N–H and O–H groups in total. The minimum atomic E-state index is 0.0123. The molecule has 1 saturated carbocycles. The van der Waals surface area contributed by atoms with Crippen LogP contribution in [0.4, 0.5) is 0 Å². The number of carbonyl (C=O) groups excluding carboxylic acids is 1. The number of benzene rings is 1. The highest BCUT2D eigenvalue weighted by Gasteiger charge is 2.24. The Morgan fingerprint density at radius 3 is 2.81 bits per heavy atom. The number of nitrogens with one attached hydrogen (secondary N) is 1. The standard InChI is InChI=1S/C15H17N3O2S/c1-20-11-8-6-10(7-9-11)14-16-15(18-17-14)21-13-5-3-2-4-12(13)19/h6-9,13H,2-5H2,1H3,(H,16,17,18). The number of aromatic nitrogens is 3. The average molecular weight is 303 g/mol. The summed E-state index contributed by atoms with van der Waals surface area (Å²) < 4.78 is 5.13. The quantitative estimate of drug-likeness (QED) is 0.940. The van der Waals surface area contributed by atoms with Crippen molar-refractivity contribution >= 4 is 17.5 Å². The fourth-order valence-corrected chi connectivity index (χ4v) is 3.41. The lowest BCUT2D eigenvalue weighted by Gasteiger charge is -2.17. The Labute approximate surface area is 127 Å². The molecule has 0 radical (unpaired) electrons. The Balaban J connectivity index is 1.71. The molecule has 21 heavy (non-hydrogen) atoms. The van der Waals surface area contributed by atoms with E-state index in [9.17, 15) is 4.79 Å². The van der Waals surface area contributed by atoms with E-state index in [4.69, 9.17) is 4.74 Å². The second kappa shape index (κ2) is 6.30. The van der Waals surface area contributed by atoms with Gasteiger partial charge in [0.1, 0.15) is 11.5 Å². The summed E-state index contributed by atoms with van der Waals surface area (Å²) in [6, 6.07) is 7.63. The maximum absolute atomic E-state index is 11.8. The molecule has 1 atom stereocenters. The van der Waals surface area contributed by atoms with Crippen molar-refractivity contribution in [3.8, 4) is 17.1 Å². The number of methoxy groups -OCH3 is 1. The molecular formula is C15H17N3O2S. The van der Waals surface area contributed by atoms with Gasteiger partial charge in [0.05, 0.1) is 12.4 Å². The maximum Gasteiger partial charge on any atom is 0.209 e. The fraction of sp³-hybridized carbons (Fsp3) is 0.400. The molecule has 2 aromatic rings. The first-order valence-corrected chi connectivity index (χ1v) is 7.90. The molecule has 1 aliphatic carbocycles. The van der Waals surface area contributed by atoms with Gasteiger partial charge in [0.25, 0.3) is 0 Å². The first-order chi connectivity index (χ1) is 10.3. The lowest BCUT2D eigenvalue weighted by atomic mass is 9.99. The topological polar surface area (TPSA) is 67.9 Å². The maximum atomic E-state index is 11.8. The second-order valence-corrected chi connectivity index (χ2v) is 6.18. The Morgan fingerprint density at radius 2 is 2.10 bits per heavy atom. The summed E-state index contributed by atoms with van der Waals surface area (Å²) in [6.45, 7) is 0.